The highest BCUT2D eigenvalue weighted by Gasteiger charge is 2.30. The number of carbonyl (C=O) groups is 1. The molecule has 0 unspecified atom stereocenters. The molecule has 0 fully saturated rings. The zero-order chi connectivity index (χ0) is 20.3. The van der Waals surface area contributed by atoms with Crippen molar-refractivity contribution in [3.63, 3.8) is 0 Å². The van der Waals surface area contributed by atoms with Gasteiger partial charge in [0.15, 0.2) is 0 Å². The van der Waals surface area contributed by atoms with Gasteiger partial charge in [-0.2, -0.15) is 18.3 Å². The van der Waals surface area contributed by atoms with Crippen LogP contribution >= 0.6 is 0 Å². The second-order valence-electron chi connectivity index (χ2n) is 6.23. The highest BCUT2D eigenvalue weighted by Crippen LogP contribution is 2.29. The lowest BCUT2D eigenvalue weighted by atomic mass is 10.1. The number of H-pyrrole nitrogens is 1. The maximum Gasteiger partial charge on any atom is 0.416 e. The minimum Gasteiger partial charge on any atom is -0.497 e. The standard InChI is InChI=1S/C20H18F3N3O2/c1-12-8-15(28-2)6-7-16(12)17-10-18(26-25-17)19(27)24-11-13-4-3-5-14(9-13)20(21,22)23/h3-10H,11H2,1-2H3,(H,24,27)(H,25,26). The Labute approximate surface area is 159 Å². The number of benzene rings is 2. The molecule has 0 saturated carbocycles. The number of aromatic amines is 1. The van der Waals surface area contributed by atoms with E-state index < -0.39 is 17.6 Å². The summed E-state index contributed by atoms with van der Waals surface area (Å²) in [5.74, 6) is 0.262. The number of alkyl halides is 3. The molecule has 8 heteroatoms. The van der Waals surface area contributed by atoms with E-state index in [2.05, 4.69) is 15.5 Å². The molecule has 146 valence electrons. The van der Waals surface area contributed by atoms with E-state index in [1.54, 1.807) is 19.2 Å². The van der Waals surface area contributed by atoms with Gasteiger partial charge in [0.05, 0.1) is 18.4 Å². The first-order valence-electron chi connectivity index (χ1n) is 8.42. The first-order valence-corrected chi connectivity index (χ1v) is 8.42. The average Bonchev–Trinajstić information content (AvgIpc) is 3.15. The first kappa shape index (κ1) is 19.5. The lowest BCUT2D eigenvalue weighted by molar-refractivity contribution is -0.137. The van der Waals surface area contributed by atoms with Gasteiger partial charge in [0.25, 0.3) is 5.91 Å². The zero-order valence-electron chi connectivity index (χ0n) is 15.2. The SMILES string of the molecule is COc1ccc(-c2cc(C(=O)NCc3cccc(C(F)(F)F)c3)[nH]n2)c(C)c1. The van der Waals surface area contributed by atoms with Gasteiger partial charge in [-0.1, -0.05) is 12.1 Å². The Morgan fingerprint density at radius 3 is 2.64 bits per heavy atom. The third-order valence-corrected chi connectivity index (χ3v) is 4.24. The van der Waals surface area contributed by atoms with Crippen molar-refractivity contribution in [3.05, 3.63) is 70.9 Å². The van der Waals surface area contributed by atoms with Crippen LogP contribution in [0.25, 0.3) is 11.3 Å². The molecule has 3 rings (SSSR count). The van der Waals surface area contributed by atoms with Crippen LogP contribution in [0.4, 0.5) is 13.2 Å². The average molecular weight is 389 g/mol. The van der Waals surface area contributed by atoms with E-state index in [4.69, 9.17) is 4.74 Å². The van der Waals surface area contributed by atoms with Crippen molar-refractivity contribution in [1.29, 1.82) is 0 Å². The van der Waals surface area contributed by atoms with Gasteiger partial charge in [-0.3, -0.25) is 9.89 Å². The van der Waals surface area contributed by atoms with Gasteiger partial charge in [0.1, 0.15) is 11.4 Å². The quantitative estimate of drug-likeness (QED) is 0.682. The molecule has 0 aliphatic heterocycles. The molecule has 28 heavy (non-hydrogen) atoms. The fourth-order valence-electron chi connectivity index (χ4n) is 2.76. The molecule has 3 aromatic rings. The lowest BCUT2D eigenvalue weighted by Gasteiger charge is -2.09. The number of nitrogens with zero attached hydrogens (tertiary/aromatic N) is 1. The van der Waals surface area contributed by atoms with E-state index in [0.717, 1.165) is 29.0 Å². The summed E-state index contributed by atoms with van der Waals surface area (Å²) in [6.07, 6.45) is -4.42. The van der Waals surface area contributed by atoms with Gasteiger partial charge in [0, 0.05) is 12.1 Å². The molecule has 5 nitrogen and oxygen atoms in total. The molecule has 1 amide bonds. The number of amides is 1. The maximum absolute atomic E-state index is 12.8. The summed E-state index contributed by atoms with van der Waals surface area (Å²) in [7, 11) is 1.58. The number of rotatable bonds is 5. The molecule has 0 radical (unpaired) electrons. The number of aryl methyl sites for hydroxylation is 1. The number of carbonyl (C=O) groups excluding carboxylic acids is 1. The molecular formula is C20H18F3N3O2. The first-order chi connectivity index (χ1) is 13.3. The van der Waals surface area contributed by atoms with Crippen LogP contribution in [-0.2, 0) is 12.7 Å². The zero-order valence-corrected chi connectivity index (χ0v) is 15.2. The van der Waals surface area contributed by atoms with Crippen molar-refractivity contribution in [2.24, 2.45) is 0 Å². The Morgan fingerprint density at radius 1 is 1.18 bits per heavy atom. The molecule has 0 aliphatic carbocycles. The lowest BCUT2D eigenvalue weighted by Crippen LogP contribution is -2.23. The van der Waals surface area contributed by atoms with Crippen LogP contribution in [0.1, 0.15) is 27.2 Å². The van der Waals surface area contributed by atoms with Crippen molar-refractivity contribution in [2.45, 2.75) is 19.6 Å². The monoisotopic (exact) mass is 389 g/mol. The topological polar surface area (TPSA) is 67.0 Å². The summed E-state index contributed by atoms with van der Waals surface area (Å²) >= 11 is 0. The summed E-state index contributed by atoms with van der Waals surface area (Å²) in [5, 5.41) is 9.40. The van der Waals surface area contributed by atoms with Gasteiger partial charge in [-0.15, -0.1) is 0 Å². The number of aromatic nitrogens is 2. The van der Waals surface area contributed by atoms with Gasteiger partial charge in [-0.05, 0) is 54.4 Å². The third-order valence-electron chi connectivity index (χ3n) is 4.24. The van der Waals surface area contributed by atoms with E-state index in [9.17, 15) is 18.0 Å². The summed E-state index contributed by atoms with van der Waals surface area (Å²) < 4.78 is 43.5. The van der Waals surface area contributed by atoms with Gasteiger partial charge >= 0.3 is 6.18 Å². The number of nitrogens with one attached hydrogen (secondary N) is 2. The molecule has 1 heterocycles. The summed E-state index contributed by atoms with van der Waals surface area (Å²) in [4.78, 5) is 12.3. The fourth-order valence-corrected chi connectivity index (χ4v) is 2.76. The van der Waals surface area contributed by atoms with E-state index in [1.807, 2.05) is 19.1 Å². The van der Waals surface area contributed by atoms with Crippen molar-refractivity contribution in [1.82, 2.24) is 15.5 Å². The molecule has 2 aromatic carbocycles. The van der Waals surface area contributed by atoms with Gasteiger partial charge in [-0.25, -0.2) is 0 Å². The maximum atomic E-state index is 12.8. The number of hydrogen-bond acceptors (Lipinski definition) is 3. The molecular weight excluding hydrogens is 371 g/mol. The van der Waals surface area contributed by atoms with Crippen LogP contribution in [-0.4, -0.2) is 23.2 Å². The van der Waals surface area contributed by atoms with Gasteiger partial charge in [0.2, 0.25) is 0 Å². The smallest absolute Gasteiger partial charge is 0.416 e. The van der Waals surface area contributed by atoms with Crippen molar-refractivity contribution < 1.29 is 22.7 Å². The van der Waals surface area contributed by atoms with Crippen molar-refractivity contribution in [2.75, 3.05) is 7.11 Å². The van der Waals surface area contributed by atoms with E-state index in [1.165, 1.54) is 12.1 Å². The minimum absolute atomic E-state index is 0.0291. The van der Waals surface area contributed by atoms with Crippen LogP contribution in [0.15, 0.2) is 48.5 Å². The summed E-state index contributed by atoms with van der Waals surface area (Å²) in [6.45, 7) is 1.87. The second-order valence-corrected chi connectivity index (χ2v) is 6.23. The summed E-state index contributed by atoms with van der Waals surface area (Å²) in [5.41, 5.74) is 2.18. The number of methoxy groups -OCH3 is 1. The number of hydrogen-bond donors (Lipinski definition) is 2. The van der Waals surface area contributed by atoms with Crippen molar-refractivity contribution in [3.8, 4) is 17.0 Å². The fraction of sp³-hybridized carbons (Fsp3) is 0.200. The summed E-state index contributed by atoms with van der Waals surface area (Å²) in [6, 6.07) is 11.9. The predicted octanol–water partition coefficient (Wildman–Crippen LogP) is 4.34. The van der Waals surface area contributed by atoms with Gasteiger partial charge < -0.3 is 10.1 Å². The predicted molar refractivity (Wildman–Crippen MR) is 97.9 cm³/mol. The largest absolute Gasteiger partial charge is 0.497 e. The van der Waals surface area contributed by atoms with Crippen LogP contribution in [0.3, 0.4) is 0 Å². The number of ether oxygens (including phenoxy) is 1. The van der Waals surface area contributed by atoms with Crippen LogP contribution in [0, 0.1) is 6.92 Å². The molecule has 0 saturated heterocycles. The van der Waals surface area contributed by atoms with Crippen molar-refractivity contribution >= 4 is 5.91 Å². The Balaban J connectivity index is 1.70. The molecule has 2 N–H and O–H groups in total. The second kappa shape index (κ2) is 7.75. The highest BCUT2D eigenvalue weighted by molar-refractivity contribution is 5.93. The molecule has 1 aromatic heterocycles. The molecule has 0 aliphatic rings. The molecule has 0 atom stereocenters. The van der Waals surface area contributed by atoms with E-state index >= 15 is 0 Å². The van der Waals surface area contributed by atoms with E-state index in [-0.39, 0.29) is 12.2 Å². The minimum atomic E-state index is -4.42. The van der Waals surface area contributed by atoms with E-state index in [0.29, 0.717) is 11.3 Å². The molecule has 0 spiro atoms. The Morgan fingerprint density at radius 2 is 1.96 bits per heavy atom. The van der Waals surface area contributed by atoms with Crippen LogP contribution < -0.4 is 10.1 Å². The highest BCUT2D eigenvalue weighted by atomic mass is 19.4. The third kappa shape index (κ3) is 4.33. The Bertz CT molecular complexity index is 996. The van der Waals surface area contributed by atoms with Crippen LogP contribution in [0.2, 0.25) is 0 Å². The Hall–Kier alpha value is -3.29. The van der Waals surface area contributed by atoms with Crippen LogP contribution in [0.5, 0.6) is 5.75 Å². The Kier molecular flexibility index (Phi) is 5.39. The number of halogens is 3. The molecule has 0 bridgehead atoms. The normalized spacial score (nSPS) is 11.3.